The lowest BCUT2D eigenvalue weighted by atomic mass is 9.84. The molecule has 148 valence electrons. The molecule has 0 aliphatic rings. The van der Waals surface area contributed by atoms with Gasteiger partial charge in [0, 0.05) is 24.4 Å². The van der Waals surface area contributed by atoms with Gasteiger partial charge in [0.25, 0.3) is 0 Å². The van der Waals surface area contributed by atoms with Crippen molar-refractivity contribution in [1.29, 1.82) is 0 Å². The van der Waals surface area contributed by atoms with E-state index < -0.39 is 45.6 Å². The SMILES string of the molecule is CCC[S@@](=O)N(C)[C@](C)(c1cc(Br)c(F)cc1F)C(F)(F)C(=O)OCC. The fraction of sp³-hybridized carbons (Fsp3) is 0.562. The molecular weight excluding hydrogens is 442 g/mol. The van der Waals surface area contributed by atoms with E-state index in [4.69, 9.17) is 0 Å². The van der Waals surface area contributed by atoms with E-state index in [1.807, 2.05) is 0 Å². The summed E-state index contributed by atoms with van der Waals surface area (Å²) in [5.74, 6) is -8.42. The number of ether oxygens (including phenoxy) is 1. The van der Waals surface area contributed by atoms with Gasteiger partial charge in [0.05, 0.1) is 22.1 Å². The molecule has 0 unspecified atom stereocenters. The van der Waals surface area contributed by atoms with Gasteiger partial charge in [-0.3, -0.25) is 0 Å². The van der Waals surface area contributed by atoms with Gasteiger partial charge < -0.3 is 4.74 Å². The van der Waals surface area contributed by atoms with Crippen molar-refractivity contribution < 1.29 is 31.3 Å². The van der Waals surface area contributed by atoms with Gasteiger partial charge in [-0.05, 0) is 42.3 Å². The van der Waals surface area contributed by atoms with E-state index in [2.05, 4.69) is 20.7 Å². The molecule has 0 saturated carbocycles. The van der Waals surface area contributed by atoms with Crippen LogP contribution >= 0.6 is 15.9 Å². The van der Waals surface area contributed by atoms with E-state index in [1.165, 1.54) is 6.92 Å². The lowest BCUT2D eigenvalue weighted by Gasteiger charge is -2.42. The van der Waals surface area contributed by atoms with Gasteiger partial charge in [-0.2, -0.15) is 8.78 Å². The fourth-order valence-corrected chi connectivity index (χ4v) is 3.95. The first-order valence-electron chi connectivity index (χ1n) is 7.77. The Kier molecular flexibility index (Phi) is 7.79. The molecule has 2 atom stereocenters. The minimum Gasteiger partial charge on any atom is -0.461 e. The maximum absolute atomic E-state index is 15.1. The largest absolute Gasteiger partial charge is 0.461 e. The Balaban J connectivity index is 3.70. The zero-order chi connectivity index (χ0) is 20.3. The predicted octanol–water partition coefficient (Wildman–Crippen LogP) is 4.15. The maximum atomic E-state index is 15.1. The smallest absolute Gasteiger partial charge is 0.379 e. The summed E-state index contributed by atoms with van der Waals surface area (Å²) >= 11 is 2.83. The molecule has 10 heteroatoms. The van der Waals surface area contributed by atoms with E-state index in [9.17, 15) is 17.8 Å². The van der Waals surface area contributed by atoms with E-state index in [1.54, 1.807) is 6.92 Å². The number of hydrogen-bond donors (Lipinski definition) is 0. The van der Waals surface area contributed by atoms with E-state index in [0.29, 0.717) is 12.5 Å². The van der Waals surface area contributed by atoms with Crippen molar-refractivity contribution in [2.45, 2.75) is 38.7 Å². The minimum atomic E-state index is -4.26. The zero-order valence-electron chi connectivity index (χ0n) is 14.7. The first kappa shape index (κ1) is 23.0. The minimum absolute atomic E-state index is 0.0228. The van der Waals surface area contributed by atoms with Crippen LogP contribution in [-0.4, -0.2) is 39.8 Å². The lowest BCUT2D eigenvalue weighted by Crippen LogP contribution is -2.59. The standard InChI is InChI=1S/C16H20BrF4NO3S/c1-5-7-26(24)22(4)15(3,16(20,21)14(23)25-6-2)10-8-11(17)13(19)9-12(10)18/h8-9H,5-7H2,1-4H3/t15-,26-/m1/s1. The van der Waals surface area contributed by atoms with Gasteiger partial charge in [0.2, 0.25) is 0 Å². The van der Waals surface area contributed by atoms with Crippen molar-refractivity contribution in [2.24, 2.45) is 0 Å². The molecule has 0 spiro atoms. The van der Waals surface area contributed by atoms with Gasteiger partial charge in [-0.15, -0.1) is 0 Å². The van der Waals surface area contributed by atoms with Crippen molar-refractivity contribution in [2.75, 3.05) is 19.4 Å². The number of alkyl halides is 2. The summed E-state index contributed by atoms with van der Waals surface area (Å²) in [7, 11) is -0.859. The predicted molar refractivity (Wildman–Crippen MR) is 94.1 cm³/mol. The normalized spacial score (nSPS) is 15.6. The van der Waals surface area contributed by atoms with Crippen LogP contribution in [0.15, 0.2) is 16.6 Å². The number of benzene rings is 1. The number of esters is 1. The van der Waals surface area contributed by atoms with Crippen molar-refractivity contribution in [3.05, 3.63) is 33.8 Å². The second-order valence-corrected chi connectivity index (χ2v) is 8.09. The van der Waals surface area contributed by atoms with E-state index >= 15 is 8.78 Å². The monoisotopic (exact) mass is 461 g/mol. The van der Waals surface area contributed by atoms with Crippen LogP contribution < -0.4 is 0 Å². The Morgan fingerprint density at radius 3 is 2.35 bits per heavy atom. The van der Waals surface area contributed by atoms with Crippen molar-refractivity contribution in [3.8, 4) is 0 Å². The number of carbonyl (C=O) groups excluding carboxylic acids is 1. The summed E-state index contributed by atoms with van der Waals surface area (Å²) in [6.07, 6.45) is 0.410. The molecule has 1 rings (SSSR count). The summed E-state index contributed by atoms with van der Waals surface area (Å²) in [4.78, 5) is 11.9. The van der Waals surface area contributed by atoms with Crippen molar-refractivity contribution in [3.63, 3.8) is 0 Å². The Bertz CT molecular complexity index is 704. The van der Waals surface area contributed by atoms with Crippen LogP contribution in [0.5, 0.6) is 0 Å². The molecule has 0 bridgehead atoms. The summed E-state index contributed by atoms with van der Waals surface area (Å²) < 4.78 is 75.4. The molecule has 26 heavy (non-hydrogen) atoms. The molecule has 4 nitrogen and oxygen atoms in total. The second-order valence-electron chi connectivity index (χ2n) is 5.64. The topological polar surface area (TPSA) is 46.6 Å². The molecule has 0 heterocycles. The van der Waals surface area contributed by atoms with Crippen LogP contribution in [0.4, 0.5) is 17.6 Å². The molecule has 1 aromatic carbocycles. The Labute approximate surface area is 160 Å². The molecule has 0 N–H and O–H groups in total. The van der Waals surface area contributed by atoms with Crippen molar-refractivity contribution in [1.82, 2.24) is 4.31 Å². The summed E-state index contributed by atoms with van der Waals surface area (Å²) in [6, 6.07) is 1.24. The van der Waals surface area contributed by atoms with Gasteiger partial charge >= 0.3 is 11.9 Å². The Morgan fingerprint density at radius 1 is 1.27 bits per heavy atom. The van der Waals surface area contributed by atoms with Gasteiger partial charge in [0.1, 0.15) is 17.2 Å². The fourth-order valence-electron chi connectivity index (χ4n) is 2.37. The highest BCUT2D eigenvalue weighted by Gasteiger charge is 2.62. The Morgan fingerprint density at radius 2 is 1.85 bits per heavy atom. The number of rotatable bonds is 8. The second kappa shape index (κ2) is 8.79. The highest BCUT2D eigenvalue weighted by molar-refractivity contribution is 9.10. The van der Waals surface area contributed by atoms with E-state index in [-0.39, 0.29) is 16.8 Å². The van der Waals surface area contributed by atoms with Crippen LogP contribution in [0, 0.1) is 11.6 Å². The molecule has 1 aromatic rings. The molecule has 0 aliphatic heterocycles. The summed E-state index contributed by atoms with van der Waals surface area (Å²) in [6.45, 7) is 3.60. The van der Waals surface area contributed by atoms with Gasteiger partial charge in [-0.25, -0.2) is 22.1 Å². The zero-order valence-corrected chi connectivity index (χ0v) is 17.1. The molecule has 0 saturated heterocycles. The molecule has 0 aliphatic carbocycles. The van der Waals surface area contributed by atoms with Gasteiger partial charge in [-0.1, -0.05) is 6.92 Å². The highest BCUT2D eigenvalue weighted by Crippen LogP contribution is 2.45. The molecule has 0 aromatic heterocycles. The first-order chi connectivity index (χ1) is 11.9. The summed E-state index contributed by atoms with van der Waals surface area (Å²) in [5, 5.41) is 0. The quantitative estimate of drug-likeness (QED) is 0.332. The van der Waals surface area contributed by atoms with Gasteiger partial charge in [0.15, 0.2) is 0 Å². The summed E-state index contributed by atoms with van der Waals surface area (Å²) in [5.41, 5.74) is -3.37. The van der Waals surface area contributed by atoms with Crippen LogP contribution in [0.2, 0.25) is 0 Å². The number of halogens is 5. The molecule has 0 amide bonds. The van der Waals surface area contributed by atoms with Crippen LogP contribution in [0.25, 0.3) is 0 Å². The lowest BCUT2D eigenvalue weighted by molar-refractivity contribution is -0.191. The third kappa shape index (κ3) is 4.12. The number of carbonyl (C=O) groups is 1. The van der Waals surface area contributed by atoms with Crippen LogP contribution in [0.1, 0.15) is 32.8 Å². The number of hydrogen-bond acceptors (Lipinski definition) is 3. The number of nitrogens with zero attached hydrogens (tertiary/aromatic N) is 1. The average molecular weight is 462 g/mol. The van der Waals surface area contributed by atoms with Crippen molar-refractivity contribution >= 4 is 32.9 Å². The molecular formula is C16H20BrF4NO3S. The van der Waals surface area contributed by atoms with Crippen LogP contribution in [0.3, 0.4) is 0 Å². The molecule has 0 fully saturated rings. The first-order valence-corrected chi connectivity index (χ1v) is 9.84. The molecule has 0 radical (unpaired) electrons. The van der Waals surface area contributed by atoms with E-state index in [0.717, 1.165) is 24.3 Å². The average Bonchev–Trinajstić information content (AvgIpc) is 2.56. The third-order valence-corrected chi connectivity index (χ3v) is 6.33. The van der Waals surface area contributed by atoms with Crippen LogP contribution in [-0.2, 0) is 26.1 Å². The maximum Gasteiger partial charge on any atom is 0.379 e. The third-order valence-electron chi connectivity index (χ3n) is 3.99. The highest BCUT2D eigenvalue weighted by atomic mass is 79.9. The Hall–Kier alpha value is -1.00.